The largest absolute Gasteiger partial charge is 0.346 e. The molecule has 1 heterocycles. The van der Waals surface area contributed by atoms with Crippen LogP contribution in [0, 0.1) is 0 Å². The lowest BCUT2D eigenvalue weighted by molar-refractivity contribution is 0.201. The number of carbonyl (C=O) groups is 1. The topological polar surface area (TPSA) is 94.4 Å². The first-order valence-electron chi connectivity index (χ1n) is 5.56. The van der Waals surface area contributed by atoms with Gasteiger partial charge in [0.25, 0.3) is 5.16 Å². The first kappa shape index (κ1) is 14.6. The smallest absolute Gasteiger partial charge is 0.323 e. The summed E-state index contributed by atoms with van der Waals surface area (Å²) in [5, 5.41) is 3.11. The number of carbonyl (C=O) groups excluding carboxylic acids is 1. The number of rotatable bonds is 5. The minimum Gasteiger partial charge on any atom is -0.323 e. The van der Waals surface area contributed by atoms with Gasteiger partial charge in [0, 0.05) is 13.1 Å². The summed E-state index contributed by atoms with van der Waals surface area (Å²) in [6.07, 6.45) is 1.06. The summed E-state index contributed by atoms with van der Waals surface area (Å²) in [7, 11) is -3.98. The normalized spacial score (nSPS) is 11.5. The molecule has 0 saturated carbocycles. The van der Waals surface area contributed by atoms with Crippen molar-refractivity contribution >= 4 is 16.1 Å². The second kappa shape index (κ2) is 5.91. The van der Waals surface area contributed by atoms with E-state index in [1.807, 2.05) is 13.8 Å². The highest BCUT2D eigenvalue weighted by atomic mass is 32.2. The van der Waals surface area contributed by atoms with Gasteiger partial charge >= 0.3 is 16.1 Å². The molecule has 0 aliphatic heterocycles. The predicted octanol–water partition coefficient (Wildman–Crippen LogP) is 0.313. The van der Waals surface area contributed by atoms with Crippen LogP contribution in [0.4, 0.5) is 4.79 Å². The molecule has 0 radical (unpaired) electrons. The van der Waals surface area contributed by atoms with Crippen LogP contribution in [0.1, 0.15) is 20.8 Å². The summed E-state index contributed by atoms with van der Waals surface area (Å²) in [4.78, 5) is 16.9. The van der Waals surface area contributed by atoms with Gasteiger partial charge in [-0.1, -0.05) is 0 Å². The lowest BCUT2D eigenvalue weighted by Gasteiger charge is -2.17. The van der Waals surface area contributed by atoms with Gasteiger partial charge in [-0.25, -0.2) is 9.78 Å². The fourth-order valence-electron chi connectivity index (χ4n) is 1.30. The third-order valence-electron chi connectivity index (χ3n) is 2.20. The van der Waals surface area contributed by atoms with E-state index in [4.69, 9.17) is 0 Å². The predicted molar refractivity (Wildman–Crippen MR) is 62.5 cm³/mol. The van der Waals surface area contributed by atoms with Crippen molar-refractivity contribution in [3.8, 4) is 0 Å². The Hall–Kier alpha value is -1.48. The molecule has 0 fully saturated rings. The molecule has 8 nitrogen and oxygen atoms in total. The second-order valence-electron chi connectivity index (χ2n) is 3.29. The van der Waals surface area contributed by atoms with E-state index in [1.165, 1.54) is 11.8 Å². The van der Waals surface area contributed by atoms with E-state index in [9.17, 15) is 13.2 Å². The first-order chi connectivity index (χ1) is 8.46. The monoisotopic (exact) mass is 276 g/mol. The lowest BCUT2D eigenvalue weighted by Crippen LogP contribution is -2.34. The molecule has 18 heavy (non-hydrogen) atoms. The van der Waals surface area contributed by atoms with Gasteiger partial charge in [-0.3, -0.25) is 4.18 Å². The fourth-order valence-corrected chi connectivity index (χ4v) is 2.08. The average molecular weight is 276 g/mol. The van der Waals surface area contributed by atoms with E-state index in [-0.39, 0.29) is 6.61 Å². The molecule has 1 rings (SSSR count). The van der Waals surface area contributed by atoms with Gasteiger partial charge in [0.05, 0.1) is 6.61 Å². The van der Waals surface area contributed by atoms with Gasteiger partial charge in [-0.2, -0.15) is 13.1 Å². The molecule has 102 valence electrons. The van der Waals surface area contributed by atoms with Crippen LogP contribution >= 0.6 is 0 Å². The lowest BCUT2D eigenvalue weighted by atomic mass is 10.5. The summed E-state index contributed by atoms with van der Waals surface area (Å²) in [6.45, 7) is 6.16. The molecule has 0 saturated heterocycles. The third-order valence-corrected chi connectivity index (χ3v) is 3.38. The molecule has 1 amide bonds. The highest BCUT2D eigenvalue weighted by Crippen LogP contribution is 2.06. The molecule has 0 aliphatic carbocycles. The molecule has 0 atom stereocenters. The van der Waals surface area contributed by atoms with Crippen LogP contribution in [-0.4, -0.2) is 53.8 Å². The Balaban J connectivity index is 2.97. The third kappa shape index (κ3) is 3.05. The van der Waals surface area contributed by atoms with Crippen molar-refractivity contribution < 1.29 is 17.4 Å². The van der Waals surface area contributed by atoms with E-state index >= 15 is 0 Å². The number of nitrogens with zero attached hydrogens (tertiary/aromatic N) is 4. The van der Waals surface area contributed by atoms with Crippen molar-refractivity contribution in [3.05, 3.63) is 6.33 Å². The zero-order valence-corrected chi connectivity index (χ0v) is 11.3. The Labute approximate surface area is 106 Å². The van der Waals surface area contributed by atoms with Crippen LogP contribution in [-0.2, 0) is 14.3 Å². The van der Waals surface area contributed by atoms with Gasteiger partial charge in [0.1, 0.15) is 6.33 Å². The first-order valence-corrected chi connectivity index (χ1v) is 6.97. The highest BCUT2D eigenvalue weighted by Gasteiger charge is 2.22. The van der Waals surface area contributed by atoms with Gasteiger partial charge in [-0.15, -0.1) is 5.10 Å². The van der Waals surface area contributed by atoms with Crippen molar-refractivity contribution in [2.24, 2.45) is 0 Å². The van der Waals surface area contributed by atoms with Crippen LogP contribution in [0.5, 0.6) is 0 Å². The fraction of sp³-hybridized carbons (Fsp3) is 0.667. The van der Waals surface area contributed by atoms with Crippen molar-refractivity contribution in [1.29, 1.82) is 0 Å². The van der Waals surface area contributed by atoms with Crippen molar-refractivity contribution in [3.63, 3.8) is 0 Å². The number of hydrogen-bond donors (Lipinski definition) is 0. The summed E-state index contributed by atoms with van der Waals surface area (Å²) in [6, 6.07) is -0.426. The maximum Gasteiger partial charge on any atom is 0.346 e. The van der Waals surface area contributed by atoms with Crippen molar-refractivity contribution in [1.82, 2.24) is 19.7 Å². The van der Waals surface area contributed by atoms with Gasteiger partial charge in [-0.05, 0) is 20.8 Å². The molecule has 0 bridgehead atoms. The zero-order valence-electron chi connectivity index (χ0n) is 10.5. The van der Waals surface area contributed by atoms with Crippen LogP contribution in [0.2, 0.25) is 0 Å². The summed E-state index contributed by atoms with van der Waals surface area (Å²) in [5.41, 5.74) is 0. The van der Waals surface area contributed by atoms with Gasteiger partial charge in [0.2, 0.25) is 0 Å². The number of amides is 1. The second-order valence-corrected chi connectivity index (χ2v) is 4.80. The Kier molecular flexibility index (Phi) is 4.79. The summed E-state index contributed by atoms with van der Waals surface area (Å²) in [5.74, 6) is 0. The van der Waals surface area contributed by atoms with Gasteiger partial charge < -0.3 is 4.90 Å². The van der Waals surface area contributed by atoms with Crippen LogP contribution in [0.15, 0.2) is 11.5 Å². The average Bonchev–Trinajstić information content (AvgIpc) is 2.80. The molecule has 1 aromatic rings. The molecular formula is C9H16N4O4S. The molecule has 0 aliphatic rings. The van der Waals surface area contributed by atoms with E-state index in [1.54, 1.807) is 0 Å². The minimum absolute atomic E-state index is 0.0130. The SMILES string of the molecule is CCOS(=O)(=O)c1ncn(C(=O)N(CC)CC)n1. The Bertz CT molecular complexity index is 506. The Morgan fingerprint density at radius 3 is 2.50 bits per heavy atom. The zero-order chi connectivity index (χ0) is 13.8. The minimum atomic E-state index is -3.98. The molecule has 0 aromatic carbocycles. The molecule has 0 spiro atoms. The number of aromatic nitrogens is 3. The van der Waals surface area contributed by atoms with Crippen molar-refractivity contribution in [2.45, 2.75) is 25.9 Å². The summed E-state index contributed by atoms with van der Waals surface area (Å²) < 4.78 is 28.4. The van der Waals surface area contributed by atoms with E-state index < -0.39 is 21.3 Å². The quantitative estimate of drug-likeness (QED) is 0.718. The maximum absolute atomic E-state index is 11.9. The molecule has 9 heteroatoms. The molecule has 1 aromatic heterocycles. The molecule has 0 N–H and O–H groups in total. The van der Waals surface area contributed by atoms with Crippen LogP contribution in [0.3, 0.4) is 0 Å². The highest BCUT2D eigenvalue weighted by molar-refractivity contribution is 7.86. The Morgan fingerprint density at radius 1 is 1.39 bits per heavy atom. The molecular weight excluding hydrogens is 260 g/mol. The van der Waals surface area contributed by atoms with E-state index in [0.29, 0.717) is 13.1 Å². The maximum atomic E-state index is 11.9. The van der Waals surface area contributed by atoms with Gasteiger partial charge in [0.15, 0.2) is 0 Å². The van der Waals surface area contributed by atoms with Crippen LogP contribution < -0.4 is 0 Å². The van der Waals surface area contributed by atoms with E-state index in [2.05, 4.69) is 14.3 Å². The number of hydrogen-bond acceptors (Lipinski definition) is 6. The Morgan fingerprint density at radius 2 is 2.00 bits per heavy atom. The standard InChI is InChI=1S/C9H16N4O4S/c1-4-12(5-2)9(14)13-7-10-8(11-13)18(15,16)17-6-3/h7H,4-6H2,1-3H3. The molecule has 0 unspecified atom stereocenters. The van der Waals surface area contributed by atoms with Crippen LogP contribution in [0.25, 0.3) is 0 Å². The summed E-state index contributed by atoms with van der Waals surface area (Å²) >= 11 is 0. The van der Waals surface area contributed by atoms with Crippen molar-refractivity contribution in [2.75, 3.05) is 19.7 Å². The van der Waals surface area contributed by atoms with E-state index in [0.717, 1.165) is 11.0 Å².